The van der Waals surface area contributed by atoms with E-state index in [1.807, 2.05) is 19.1 Å². The lowest BCUT2D eigenvalue weighted by Crippen LogP contribution is -2.12. The van der Waals surface area contributed by atoms with E-state index >= 15 is 0 Å². The molecule has 13 heavy (non-hydrogen) atoms. The van der Waals surface area contributed by atoms with Crippen molar-refractivity contribution >= 4 is 17.2 Å². The SMILES string of the molecule is CCC(=O)CNc1ccc(N)cc1. The topological polar surface area (TPSA) is 55.1 Å². The molecule has 0 saturated carbocycles. The number of benzene rings is 1. The highest BCUT2D eigenvalue weighted by molar-refractivity contribution is 5.82. The monoisotopic (exact) mass is 178 g/mol. The average molecular weight is 178 g/mol. The van der Waals surface area contributed by atoms with Crippen molar-refractivity contribution in [3.63, 3.8) is 0 Å². The molecule has 0 fully saturated rings. The Morgan fingerprint density at radius 2 is 2.00 bits per heavy atom. The number of nitrogen functional groups attached to an aromatic ring is 1. The Balaban J connectivity index is 2.46. The van der Waals surface area contributed by atoms with Gasteiger partial charge >= 0.3 is 0 Å². The van der Waals surface area contributed by atoms with Gasteiger partial charge in [0.2, 0.25) is 0 Å². The highest BCUT2D eigenvalue weighted by atomic mass is 16.1. The molecule has 0 unspecified atom stereocenters. The maximum Gasteiger partial charge on any atom is 0.151 e. The Morgan fingerprint density at radius 3 is 2.54 bits per heavy atom. The molecular weight excluding hydrogens is 164 g/mol. The number of hydrogen-bond acceptors (Lipinski definition) is 3. The van der Waals surface area contributed by atoms with Crippen LogP contribution >= 0.6 is 0 Å². The van der Waals surface area contributed by atoms with Gasteiger partial charge in [0.25, 0.3) is 0 Å². The second kappa shape index (κ2) is 4.50. The molecule has 0 spiro atoms. The summed E-state index contributed by atoms with van der Waals surface area (Å²) in [5, 5.41) is 3.02. The minimum absolute atomic E-state index is 0.205. The Bertz CT molecular complexity index is 279. The molecule has 0 amide bonds. The third-order valence-corrected chi connectivity index (χ3v) is 1.79. The van der Waals surface area contributed by atoms with Crippen molar-refractivity contribution < 1.29 is 4.79 Å². The van der Waals surface area contributed by atoms with Gasteiger partial charge in [-0.05, 0) is 24.3 Å². The summed E-state index contributed by atoms with van der Waals surface area (Å²) in [5.74, 6) is 0.205. The zero-order valence-corrected chi connectivity index (χ0v) is 7.71. The molecular formula is C10H14N2O. The summed E-state index contributed by atoms with van der Waals surface area (Å²) in [6.45, 7) is 2.24. The molecule has 1 aromatic carbocycles. The van der Waals surface area contributed by atoms with Gasteiger partial charge in [0, 0.05) is 17.8 Å². The zero-order valence-electron chi connectivity index (χ0n) is 7.71. The lowest BCUT2D eigenvalue weighted by Gasteiger charge is -2.04. The molecule has 1 rings (SSSR count). The number of hydrogen-bond donors (Lipinski definition) is 2. The third kappa shape index (κ3) is 3.15. The van der Waals surface area contributed by atoms with Gasteiger partial charge in [-0.25, -0.2) is 0 Å². The highest BCUT2D eigenvalue weighted by Crippen LogP contribution is 2.09. The number of carbonyl (C=O) groups is 1. The molecule has 0 heterocycles. The van der Waals surface area contributed by atoms with Crippen LogP contribution in [0.3, 0.4) is 0 Å². The molecule has 3 nitrogen and oxygen atoms in total. The molecule has 3 heteroatoms. The van der Waals surface area contributed by atoms with Crippen molar-refractivity contribution in [2.75, 3.05) is 17.6 Å². The van der Waals surface area contributed by atoms with Crippen LogP contribution in [-0.2, 0) is 4.79 Å². The van der Waals surface area contributed by atoms with Crippen LogP contribution in [0.5, 0.6) is 0 Å². The number of carbonyl (C=O) groups excluding carboxylic acids is 1. The van der Waals surface area contributed by atoms with Gasteiger partial charge < -0.3 is 11.1 Å². The molecule has 0 aliphatic heterocycles. The molecule has 0 atom stereocenters. The summed E-state index contributed by atoms with van der Waals surface area (Å²) in [6.07, 6.45) is 0.571. The van der Waals surface area contributed by atoms with Crippen LogP contribution in [0.1, 0.15) is 13.3 Å². The highest BCUT2D eigenvalue weighted by Gasteiger charge is 1.96. The van der Waals surface area contributed by atoms with Gasteiger partial charge in [0.05, 0.1) is 6.54 Å². The summed E-state index contributed by atoms with van der Waals surface area (Å²) in [4.78, 5) is 11.0. The fourth-order valence-electron chi connectivity index (χ4n) is 0.927. The number of nitrogens with two attached hydrogens (primary N) is 1. The van der Waals surface area contributed by atoms with Gasteiger partial charge in [0.1, 0.15) is 0 Å². The standard InChI is InChI=1S/C10H14N2O/c1-2-10(13)7-12-9-5-3-8(11)4-6-9/h3-6,12H,2,7,11H2,1H3. The van der Waals surface area contributed by atoms with Crippen LogP contribution in [-0.4, -0.2) is 12.3 Å². The molecule has 0 aliphatic rings. The Hall–Kier alpha value is -1.51. The molecule has 0 aliphatic carbocycles. The number of anilines is 2. The fourth-order valence-corrected chi connectivity index (χ4v) is 0.927. The van der Waals surface area contributed by atoms with Gasteiger partial charge in [-0.1, -0.05) is 6.92 Å². The second-order valence-electron chi connectivity index (χ2n) is 2.87. The number of ketones is 1. The Labute approximate surface area is 77.9 Å². The normalized spacial score (nSPS) is 9.62. The molecule has 0 aromatic heterocycles. The molecule has 3 N–H and O–H groups in total. The smallest absolute Gasteiger partial charge is 0.151 e. The first-order chi connectivity index (χ1) is 6.22. The average Bonchev–Trinajstić information content (AvgIpc) is 2.16. The van der Waals surface area contributed by atoms with E-state index < -0.39 is 0 Å². The summed E-state index contributed by atoms with van der Waals surface area (Å²) in [7, 11) is 0. The van der Waals surface area contributed by atoms with E-state index in [0.29, 0.717) is 13.0 Å². The minimum atomic E-state index is 0.205. The van der Waals surface area contributed by atoms with Crippen LogP contribution < -0.4 is 11.1 Å². The second-order valence-corrected chi connectivity index (χ2v) is 2.87. The lowest BCUT2D eigenvalue weighted by molar-refractivity contribution is -0.117. The van der Waals surface area contributed by atoms with E-state index in [0.717, 1.165) is 11.4 Å². The van der Waals surface area contributed by atoms with E-state index in [1.165, 1.54) is 0 Å². The maximum absolute atomic E-state index is 11.0. The third-order valence-electron chi connectivity index (χ3n) is 1.79. The predicted octanol–water partition coefficient (Wildman–Crippen LogP) is 1.66. The maximum atomic E-state index is 11.0. The quantitative estimate of drug-likeness (QED) is 0.689. The van der Waals surface area contributed by atoms with Crippen LogP contribution in [0.2, 0.25) is 0 Å². The lowest BCUT2D eigenvalue weighted by atomic mass is 10.2. The minimum Gasteiger partial charge on any atom is -0.399 e. The molecule has 0 saturated heterocycles. The first-order valence-electron chi connectivity index (χ1n) is 4.33. The summed E-state index contributed by atoms with van der Waals surface area (Å²) >= 11 is 0. The van der Waals surface area contributed by atoms with Crippen LogP contribution in [0.15, 0.2) is 24.3 Å². The molecule has 0 radical (unpaired) electrons. The van der Waals surface area contributed by atoms with E-state index in [-0.39, 0.29) is 5.78 Å². The van der Waals surface area contributed by atoms with Crippen molar-refractivity contribution in [2.45, 2.75) is 13.3 Å². The van der Waals surface area contributed by atoms with E-state index in [4.69, 9.17) is 5.73 Å². The van der Waals surface area contributed by atoms with Crippen molar-refractivity contribution in [3.8, 4) is 0 Å². The van der Waals surface area contributed by atoms with E-state index in [9.17, 15) is 4.79 Å². The van der Waals surface area contributed by atoms with Crippen molar-refractivity contribution in [3.05, 3.63) is 24.3 Å². The fraction of sp³-hybridized carbons (Fsp3) is 0.300. The first kappa shape index (κ1) is 9.58. The van der Waals surface area contributed by atoms with E-state index in [1.54, 1.807) is 12.1 Å². The van der Waals surface area contributed by atoms with Crippen LogP contribution in [0, 0.1) is 0 Å². The number of Topliss-reactive ketones (excluding diaryl/α,β-unsaturated/α-hetero) is 1. The molecule has 1 aromatic rings. The zero-order chi connectivity index (χ0) is 9.68. The van der Waals surface area contributed by atoms with Crippen molar-refractivity contribution in [1.29, 1.82) is 0 Å². The summed E-state index contributed by atoms with van der Waals surface area (Å²) < 4.78 is 0. The molecule has 70 valence electrons. The first-order valence-corrected chi connectivity index (χ1v) is 4.33. The van der Waals surface area contributed by atoms with Gasteiger partial charge in [0.15, 0.2) is 5.78 Å². The predicted molar refractivity (Wildman–Crippen MR) is 54.6 cm³/mol. The van der Waals surface area contributed by atoms with Crippen molar-refractivity contribution in [2.24, 2.45) is 0 Å². The largest absolute Gasteiger partial charge is 0.399 e. The number of rotatable bonds is 4. The van der Waals surface area contributed by atoms with E-state index in [2.05, 4.69) is 5.32 Å². The summed E-state index contributed by atoms with van der Waals surface area (Å²) in [6, 6.07) is 7.33. The summed E-state index contributed by atoms with van der Waals surface area (Å²) in [5.41, 5.74) is 7.17. The van der Waals surface area contributed by atoms with Crippen LogP contribution in [0.4, 0.5) is 11.4 Å². The van der Waals surface area contributed by atoms with Gasteiger partial charge in [-0.15, -0.1) is 0 Å². The van der Waals surface area contributed by atoms with Gasteiger partial charge in [-0.2, -0.15) is 0 Å². The Morgan fingerprint density at radius 1 is 1.38 bits per heavy atom. The van der Waals surface area contributed by atoms with Crippen molar-refractivity contribution in [1.82, 2.24) is 0 Å². The van der Waals surface area contributed by atoms with Crippen LogP contribution in [0.25, 0.3) is 0 Å². The Kier molecular flexibility index (Phi) is 3.31. The van der Waals surface area contributed by atoms with Gasteiger partial charge in [-0.3, -0.25) is 4.79 Å². The number of nitrogens with one attached hydrogen (secondary N) is 1. The molecule has 0 bridgehead atoms.